The van der Waals surface area contributed by atoms with Gasteiger partial charge in [-0.2, -0.15) is 0 Å². The van der Waals surface area contributed by atoms with E-state index in [0.29, 0.717) is 17.8 Å². The molecule has 0 bridgehead atoms. The number of anilines is 1. The molecule has 0 aliphatic carbocycles. The Hall–Kier alpha value is -1.59. The summed E-state index contributed by atoms with van der Waals surface area (Å²) in [4.78, 5) is 26.1. The van der Waals surface area contributed by atoms with Gasteiger partial charge in [-0.1, -0.05) is 13.0 Å². The highest BCUT2D eigenvalue weighted by molar-refractivity contribution is 5.97. The zero-order valence-electron chi connectivity index (χ0n) is 12.9. The number of halogens is 1. The van der Waals surface area contributed by atoms with Gasteiger partial charge in [0.25, 0.3) is 5.91 Å². The molecule has 3 N–H and O–H groups in total. The van der Waals surface area contributed by atoms with Gasteiger partial charge in [-0.15, -0.1) is 12.4 Å². The molecular weight excluding hydrogens is 302 g/mol. The van der Waals surface area contributed by atoms with Crippen molar-refractivity contribution in [1.29, 1.82) is 0 Å². The standard InChI is InChI=1S/C16H23N3O2.ClH/c1-12(11-17)15(20)18-14-7-5-6-13(10-14)16(21)19-8-3-2-4-9-19;/h5-7,10,12H,2-4,8-9,11,17H2,1H3,(H,18,20);1H. The summed E-state index contributed by atoms with van der Waals surface area (Å²) < 4.78 is 0. The largest absolute Gasteiger partial charge is 0.339 e. The van der Waals surface area contributed by atoms with Crippen LogP contribution >= 0.6 is 12.4 Å². The van der Waals surface area contributed by atoms with Crippen molar-refractivity contribution in [2.45, 2.75) is 26.2 Å². The lowest BCUT2D eigenvalue weighted by Gasteiger charge is -2.26. The van der Waals surface area contributed by atoms with Crippen LogP contribution in [0.1, 0.15) is 36.5 Å². The molecule has 1 atom stereocenters. The minimum atomic E-state index is -0.244. The predicted octanol–water partition coefficient (Wildman–Crippen LogP) is 2.27. The Kier molecular flexibility index (Phi) is 7.35. The molecular formula is C16H24ClN3O2. The molecule has 1 heterocycles. The second-order valence-corrected chi connectivity index (χ2v) is 5.56. The van der Waals surface area contributed by atoms with E-state index in [4.69, 9.17) is 5.73 Å². The third-order valence-electron chi connectivity index (χ3n) is 3.82. The van der Waals surface area contributed by atoms with E-state index >= 15 is 0 Å². The molecule has 1 aromatic rings. The Labute approximate surface area is 137 Å². The van der Waals surface area contributed by atoms with Crippen LogP contribution in [0.25, 0.3) is 0 Å². The number of hydrogen-bond acceptors (Lipinski definition) is 3. The van der Waals surface area contributed by atoms with E-state index in [1.807, 2.05) is 4.90 Å². The molecule has 1 aliphatic rings. The number of likely N-dealkylation sites (tertiary alicyclic amines) is 1. The Balaban J connectivity index is 0.00000242. The van der Waals surface area contributed by atoms with Crippen molar-refractivity contribution in [2.75, 3.05) is 25.0 Å². The number of nitrogens with one attached hydrogen (secondary N) is 1. The lowest BCUT2D eigenvalue weighted by molar-refractivity contribution is -0.119. The molecule has 122 valence electrons. The summed E-state index contributed by atoms with van der Waals surface area (Å²) in [5, 5.41) is 2.80. The van der Waals surface area contributed by atoms with Crippen molar-refractivity contribution in [3.05, 3.63) is 29.8 Å². The van der Waals surface area contributed by atoms with Gasteiger partial charge in [0.2, 0.25) is 5.91 Å². The highest BCUT2D eigenvalue weighted by Crippen LogP contribution is 2.16. The van der Waals surface area contributed by atoms with E-state index in [-0.39, 0.29) is 30.1 Å². The van der Waals surface area contributed by atoms with Crippen molar-refractivity contribution in [2.24, 2.45) is 11.7 Å². The van der Waals surface area contributed by atoms with Gasteiger partial charge in [-0.25, -0.2) is 0 Å². The zero-order valence-corrected chi connectivity index (χ0v) is 13.7. The number of benzene rings is 1. The molecule has 22 heavy (non-hydrogen) atoms. The van der Waals surface area contributed by atoms with Crippen LogP contribution in [0.15, 0.2) is 24.3 Å². The van der Waals surface area contributed by atoms with Gasteiger partial charge in [0.05, 0.1) is 0 Å². The fourth-order valence-electron chi connectivity index (χ4n) is 2.38. The molecule has 1 aliphatic heterocycles. The first kappa shape index (κ1) is 18.5. The molecule has 1 fully saturated rings. The maximum atomic E-state index is 12.4. The number of amides is 2. The summed E-state index contributed by atoms with van der Waals surface area (Å²) in [6.07, 6.45) is 3.32. The second-order valence-electron chi connectivity index (χ2n) is 5.56. The third kappa shape index (κ3) is 4.71. The van der Waals surface area contributed by atoms with Crippen LogP contribution < -0.4 is 11.1 Å². The average molecular weight is 326 g/mol. The summed E-state index contributed by atoms with van der Waals surface area (Å²) in [6, 6.07) is 7.10. The fraction of sp³-hybridized carbons (Fsp3) is 0.500. The molecule has 0 spiro atoms. The van der Waals surface area contributed by atoms with Gasteiger partial charge in [0.15, 0.2) is 0 Å². The Morgan fingerprint density at radius 1 is 1.27 bits per heavy atom. The third-order valence-corrected chi connectivity index (χ3v) is 3.82. The van der Waals surface area contributed by atoms with Crippen LogP contribution in [0.2, 0.25) is 0 Å². The van der Waals surface area contributed by atoms with Gasteiger partial charge in [-0.05, 0) is 37.5 Å². The SMILES string of the molecule is CC(CN)C(=O)Nc1cccc(C(=O)N2CCCCC2)c1.Cl. The maximum absolute atomic E-state index is 12.4. The van der Waals surface area contributed by atoms with Crippen molar-refractivity contribution >= 4 is 29.9 Å². The smallest absolute Gasteiger partial charge is 0.253 e. The van der Waals surface area contributed by atoms with E-state index in [1.165, 1.54) is 6.42 Å². The minimum absolute atomic E-state index is 0. The van der Waals surface area contributed by atoms with Crippen LogP contribution in [0.5, 0.6) is 0 Å². The first-order chi connectivity index (χ1) is 10.1. The highest BCUT2D eigenvalue weighted by Gasteiger charge is 2.18. The van der Waals surface area contributed by atoms with Gasteiger partial charge in [-0.3, -0.25) is 9.59 Å². The first-order valence-electron chi connectivity index (χ1n) is 7.52. The van der Waals surface area contributed by atoms with Crippen molar-refractivity contribution in [3.8, 4) is 0 Å². The van der Waals surface area contributed by atoms with E-state index in [0.717, 1.165) is 25.9 Å². The predicted molar refractivity (Wildman–Crippen MR) is 90.3 cm³/mol. The summed E-state index contributed by atoms with van der Waals surface area (Å²) in [7, 11) is 0. The number of rotatable bonds is 4. The fourth-order valence-corrected chi connectivity index (χ4v) is 2.38. The Bertz CT molecular complexity index is 516. The summed E-state index contributed by atoms with van der Waals surface area (Å²) in [6.45, 7) is 3.72. The monoisotopic (exact) mass is 325 g/mol. The quantitative estimate of drug-likeness (QED) is 0.891. The second kappa shape index (κ2) is 8.76. The van der Waals surface area contributed by atoms with E-state index in [1.54, 1.807) is 31.2 Å². The number of hydrogen-bond donors (Lipinski definition) is 2. The molecule has 0 aromatic heterocycles. The highest BCUT2D eigenvalue weighted by atomic mass is 35.5. The number of piperidine rings is 1. The van der Waals surface area contributed by atoms with Crippen LogP contribution in [-0.2, 0) is 4.79 Å². The van der Waals surface area contributed by atoms with Crippen LogP contribution in [0.3, 0.4) is 0 Å². The molecule has 1 saturated heterocycles. The van der Waals surface area contributed by atoms with Crippen molar-refractivity contribution in [1.82, 2.24) is 4.90 Å². The molecule has 6 heteroatoms. The van der Waals surface area contributed by atoms with Crippen LogP contribution in [0, 0.1) is 5.92 Å². The lowest BCUT2D eigenvalue weighted by Crippen LogP contribution is -2.35. The van der Waals surface area contributed by atoms with Gasteiger partial charge in [0, 0.05) is 36.8 Å². The van der Waals surface area contributed by atoms with Crippen LogP contribution in [-0.4, -0.2) is 36.3 Å². The van der Waals surface area contributed by atoms with E-state index in [2.05, 4.69) is 5.32 Å². The van der Waals surface area contributed by atoms with Crippen molar-refractivity contribution < 1.29 is 9.59 Å². The summed E-state index contributed by atoms with van der Waals surface area (Å²) in [5.74, 6) is -0.329. The molecule has 1 aromatic carbocycles. The van der Waals surface area contributed by atoms with Gasteiger partial charge in [0.1, 0.15) is 0 Å². The van der Waals surface area contributed by atoms with Crippen LogP contribution in [0.4, 0.5) is 5.69 Å². The molecule has 0 saturated carbocycles. The molecule has 2 rings (SSSR count). The summed E-state index contributed by atoms with van der Waals surface area (Å²) >= 11 is 0. The van der Waals surface area contributed by atoms with E-state index in [9.17, 15) is 9.59 Å². The zero-order chi connectivity index (χ0) is 15.2. The Morgan fingerprint density at radius 3 is 2.59 bits per heavy atom. The maximum Gasteiger partial charge on any atom is 0.253 e. The van der Waals surface area contributed by atoms with E-state index < -0.39 is 0 Å². The average Bonchev–Trinajstić information content (AvgIpc) is 2.54. The minimum Gasteiger partial charge on any atom is -0.339 e. The Morgan fingerprint density at radius 2 is 1.95 bits per heavy atom. The van der Waals surface area contributed by atoms with Gasteiger partial charge < -0.3 is 16.0 Å². The summed E-state index contributed by atoms with van der Waals surface area (Å²) in [5.41, 5.74) is 6.74. The number of carbonyl (C=O) groups is 2. The lowest BCUT2D eigenvalue weighted by atomic mass is 10.1. The number of carbonyl (C=O) groups excluding carboxylic acids is 2. The number of nitrogens with zero attached hydrogens (tertiary/aromatic N) is 1. The van der Waals surface area contributed by atoms with Gasteiger partial charge >= 0.3 is 0 Å². The molecule has 2 amide bonds. The molecule has 5 nitrogen and oxygen atoms in total. The first-order valence-corrected chi connectivity index (χ1v) is 7.52. The van der Waals surface area contributed by atoms with Crippen molar-refractivity contribution in [3.63, 3.8) is 0 Å². The number of nitrogens with two attached hydrogens (primary N) is 1. The normalized spacial score (nSPS) is 15.6. The molecule has 0 radical (unpaired) electrons. The molecule has 1 unspecified atom stereocenters. The topological polar surface area (TPSA) is 75.4 Å².